The SMILES string of the molecule is CC1C=CC(c2ccc3ccc4c(c3n2)NC(c2cccc(-c3ccc(C5c6oc7ccccc7c6-c6ccc7ccccc7c6N5C)cc3)c2)C=C4)=CC1. The van der Waals surface area contributed by atoms with Gasteiger partial charge in [-0.2, -0.15) is 0 Å². The normalized spacial score (nSPS) is 18.5. The Hall–Kier alpha value is -6.65. The van der Waals surface area contributed by atoms with Crippen molar-refractivity contribution in [1.82, 2.24) is 4.98 Å². The van der Waals surface area contributed by atoms with Gasteiger partial charge in [0.05, 0.1) is 28.6 Å². The van der Waals surface area contributed by atoms with Gasteiger partial charge in [0, 0.05) is 34.3 Å². The molecule has 4 heteroatoms. The van der Waals surface area contributed by atoms with E-state index in [9.17, 15) is 0 Å². The van der Waals surface area contributed by atoms with Crippen molar-refractivity contribution in [2.45, 2.75) is 25.4 Å². The van der Waals surface area contributed by atoms with Crippen LogP contribution >= 0.6 is 0 Å². The molecule has 3 unspecified atom stereocenters. The second kappa shape index (κ2) is 12.5. The molecule has 3 aliphatic rings. The molecular formula is C51H39N3O. The van der Waals surface area contributed by atoms with Crippen molar-refractivity contribution < 1.29 is 4.42 Å². The quantitative estimate of drug-likeness (QED) is 0.198. The lowest BCUT2D eigenvalue weighted by Gasteiger charge is -2.36. The molecule has 4 heterocycles. The fourth-order valence-corrected chi connectivity index (χ4v) is 8.99. The van der Waals surface area contributed by atoms with Crippen molar-refractivity contribution in [2.24, 2.45) is 5.92 Å². The number of benzene rings is 6. The van der Waals surface area contributed by atoms with Gasteiger partial charge in [-0.15, -0.1) is 0 Å². The molecule has 3 atom stereocenters. The van der Waals surface area contributed by atoms with Crippen LogP contribution in [0.25, 0.3) is 66.5 Å². The molecule has 0 amide bonds. The molecule has 0 spiro atoms. The molecule has 0 saturated carbocycles. The fraction of sp³-hybridized carbons (Fsp3) is 0.118. The topological polar surface area (TPSA) is 41.3 Å². The molecule has 1 aliphatic carbocycles. The number of para-hydroxylation sites is 1. The number of nitrogens with zero attached hydrogens (tertiary/aromatic N) is 2. The maximum absolute atomic E-state index is 6.72. The lowest BCUT2D eigenvalue weighted by atomic mass is 9.86. The van der Waals surface area contributed by atoms with Crippen molar-refractivity contribution in [3.63, 3.8) is 0 Å². The van der Waals surface area contributed by atoms with Crippen LogP contribution in [-0.4, -0.2) is 12.0 Å². The third-order valence-electron chi connectivity index (χ3n) is 11.9. The van der Waals surface area contributed by atoms with Gasteiger partial charge in [0.2, 0.25) is 0 Å². The third-order valence-corrected chi connectivity index (χ3v) is 11.9. The first kappa shape index (κ1) is 31.8. The smallest absolute Gasteiger partial charge is 0.140 e. The van der Waals surface area contributed by atoms with Crippen LogP contribution in [0, 0.1) is 5.92 Å². The van der Waals surface area contributed by atoms with E-state index in [1.807, 2.05) is 0 Å². The maximum Gasteiger partial charge on any atom is 0.140 e. The highest BCUT2D eigenvalue weighted by atomic mass is 16.3. The monoisotopic (exact) mass is 709 g/mol. The molecule has 6 aromatic carbocycles. The first-order valence-electron chi connectivity index (χ1n) is 19.3. The minimum atomic E-state index is -0.0735. The summed E-state index contributed by atoms with van der Waals surface area (Å²) in [7, 11) is 2.20. The molecular weight excluding hydrogens is 671 g/mol. The Morgan fingerprint density at radius 3 is 2.40 bits per heavy atom. The Labute approximate surface area is 320 Å². The van der Waals surface area contributed by atoms with Crippen molar-refractivity contribution in [3.05, 3.63) is 186 Å². The number of hydrogen-bond acceptors (Lipinski definition) is 4. The first-order chi connectivity index (χ1) is 27.1. The molecule has 2 aliphatic heterocycles. The number of hydrogen-bond donors (Lipinski definition) is 1. The molecule has 55 heavy (non-hydrogen) atoms. The van der Waals surface area contributed by atoms with Crippen LogP contribution in [0.2, 0.25) is 0 Å². The van der Waals surface area contributed by atoms with Gasteiger partial charge in [0.15, 0.2) is 0 Å². The van der Waals surface area contributed by atoms with E-state index >= 15 is 0 Å². The fourth-order valence-electron chi connectivity index (χ4n) is 8.99. The Morgan fingerprint density at radius 1 is 0.709 bits per heavy atom. The number of fused-ring (bicyclic) bond motifs is 10. The molecule has 4 nitrogen and oxygen atoms in total. The number of allylic oxidation sites excluding steroid dienone is 4. The number of pyridine rings is 1. The van der Waals surface area contributed by atoms with Gasteiger partial charge in [-0.05, 0) is 69.3 Å². The number of rotatable bonds is 4. The molecule has 0 bridgehead atoms. The molecule has 0 saturated heterocycles. The van der Waals surface area contributed by atoms with E-state index in [0.717, 1.165) is 51.0 Å². The molecule has 8 aromatic rings. The Balaban J connectivity index is 0.927. The van der Waals surface area contributed by atoms with E-state index in [0.29, 0.717) is 5.92 Å². The van der Waals surface area contributed by atoms with E-state index in [1.54, 1.807) is 0 Å². The zero-order valence-electron chi connectivity index (χ0n) is 30.8. The zero-order chi connectivity index (χ0) is 36.6. The molecule has 2 aromatic heterocycles. The molecule has 11 rings (SSSR count). The summed E-state index contributed by atoms with van der Waals surface area (Å²) in [5, 5.41) is 8.66. The number of furan rings is 1. The number of nitrogens with one attached hydrogen (secondary N) is 1. The van der Waals surface area contributed by atoms with Gasteiger partial charge >= 0.3 is 0 Å². The number of aromatic nitrogens is 1. The van der Waals surface area contributed by atoms with Crippen molar-refractivity contribution in [1.29, 1.82) is 0 Å². The molecule has 1 N–H and O–H groups in total. The predicted octanol–water partition coefficient (Wildman–Crippen LogP) is 13.2. The van der Waals surface area contributed by atoms with Crippen LogP contribution in [0.5, 0.6) is 0 Å². The minimum Gasteiger partial charge on any atom is -0.458 e. The second-order valence-corrected chi connectivity index (χ2v) is 15.3. The average molecular weight is 710 g/mol. The van der Waals surface area contributed by atoms with Gasteiger partial charge in [-0.3, -0.25) is 0 Å². The lowest BCUT2D eigenvalue weighted by Crippen LogP contribution is -2.28. The van der Waals surface area contributed by atoms with Gasteiger partial charge in [-0.25, -0.2) is 4.98 Å². The second-order valence-electron chi connectivity index (χ2n) is 15.3. The molecule has 0 fully saturated rings. The summed E-state index contributed by atoms with van der Waals surface area (Å²) in [6.45, 7) is 2.25. The summed E-state index contributed by atoms with van der Waals surface area (Å²) in [6.07, 6.45) is 12.4. The molecule has 264 valence electrons. The van der Waals surface area contributed by atoms with Gasteiger partial charge in [-0.1, -0.05) is 153 Å². The molecule has 0 radical (unpaired) electrons. The van der Waals surface area contributed by atoms with Crippen molar-refractivity contribution >= 4 is 55.7 Å². The van der Waals surface area contributed by atoms with E-state index in [1.165, 1.54) is 55.4 Å². The van der Waals surface area contributed by atoms with Crippen LogP contribution in [0.3, 0.4) is 0 Å². The van der Waals surface area contributed by atoms with Gasteiger partial charge in [0.25, 0.3) is 0 Å². The maximum atomic E-state index is 6.72. The van der Waals surface area contributed by atoms with E-state index in [4.69, 9.17) is 9.40 Å². The summed E-state index contributed by atoms with van der Waals surface area (Å²) < 4.78 is 6.72. The Morgan fingerprint density at radius 2 is 1.53 bits per heavy atom. The van der Waals surface area contributed by atoms with Gasteiger partial charge < -0.3 is 14.6 Å². The summed E-state index contributed by atoms with van der Waals surface area (Å²) in [4.78, 5) is 7.61. The van der Waals surface area contributed by atoms with E-state index in [-0.39, 0.29) is 12.1 Å². The first-order valence-corrected chi connectivity index (χ1v) is 19.3. The van der Waals surface area contributed by atoms with Crippen LogP contribution in [0.4, 0.5) is 11.4 Å². The summed E-state index contributed by atoms with van der Waals surface area (Å²) in [5.41, 5.74) is 14.8. The largest absolute Gasteiger partial charge is 0.458 e. The highest BCUT2D eigenvalue weighted by molar-refractivity contribution is 6.09. The Bertz CT molecular complexity index is 2930. The third kappa shape index (κ3) is 5.16. The van der Waals surface area contributed by atoms with E-state index < -0.39 is 0 Å². The average Bonchev–Trinajstić information content (AvgIpc) is 3.63. The van der Waals surface area contributed by atoms with Crippen LogP contribution in [0.1, 0.15) is 53.6 Å². The number of anilines is 2. The van der Waals surface area contributed by atoms with Crippen molar-refractivity contribution in [3.8, 4) is 22.3 Å². The van der Waals surface area contributed by atoms with Crippen LogP contribution < -0.4 is 10.2 Å². The Kier molecular flexibility index (Phi) is 7.21. The summed E-state index contributed by atoms with van der Waals surface area (Å²) in [5.74, 6) is 1.56. The van der Waals surface area contributed by atoms with E-state index in [2.05, 4.69) is 188 Å². The van der Waals surface area contributed by atoms with Crippen molar-refractivity contribution in [2.75, 3.05) is 17.3 Å². The summed E-state index contributed by atoms with van der Waals surface area (Å²) >= 11 is 0. The summed E-state index contributed by atoms with van der Waals surface area (Å²) in [6, 6.07) is 48.3. The highest BCUT2D eigenvalue weighted by Gasteiger charge is 2.36. The standard InChI is InChI=1S/C51H39N3O/c1-31-14-16-34(17-15-31)43-28-25-35-20-21-36-26-29-44(53-48(36)47(35)52-43)39-10-7-9-38(30-39)32-18-22-37(23-19-32)49-51-46(41-12-5-6-13-45(41)55-51)42-27-24-33-8-3-4-11-40(33)50(42)54(49)2/h3-14,16-31,44,49,53H,15H2,1-2H3. The van der Waals surface area contributed by atoms with Gasteiger partial charge in [0.1, 0.15) is 17.4 Å². The van der Waals surface area contributed by atoms with Crippen LogP contribution in [0.15, 0.2) is 162 Å². The van der Waals surface area contributed by atoms with Crippen LogP contribution in [-0.2, 0) is 0 Å². The highest BCUT2D eigenvalue weighted by Crippen LogP contribution is 2.53. The lowest BCUT2D eigenvalue weighted by molar-refractivity contribution is 0.514. The minimum absolute atomic E-state index is 0.0229. The zero-order valence-corrected chi connectivity index (χ0v) is 30.8. The predicted molar refractivity (Wildman–Crippen MR) is 229 cm³/mol.